The van der Waals surface area contributed by atoms with Gasteiger partial charge in [-0.15, -0.1) is 0 Å². The molecule has 2 aliphatic rings. The molecule has 1 heterocycles. The molecule has 0 aromatic heterocycles. The summed E-state index contributed by atoms with van der Waals surface area (Å²) < 4.78 is 48.5. The molecular formula is C17H20F3NO3. The number of carbonyl (C=O) groups is 1. The monoisotopic (exact) mass is 343 g/mol. The molecule has 0 spiro atoms. The Morgan fingerprint density at radius 2 is 2.04 bits per heavy atom. The van der Waals surface area contributed by atoms with E-state index in [9.17, 15) is 18.0 Å². The fraction of sp³-hybridized carbons (Fsp3) is 0.588. The highest BCUT2D eigenvalue weighted by Crippen LogP contribution is 2.43. The Morgan fingerprint density at radius 3 is 2.67 bits per heavy atom. The minimum Gasteiger partial charge on any atom is -0.384 e. The van der Waals surface area contributed by atoms with E-state index in [2.05, 4.69) is 5.32 Å². The van der Waals surface area contributed by atoms with Gasteiger partial charge in [0.05, 0.1) is 24.7 Å². The van der Waals surface area contributed by atoms with Gasteiger partial charge in [0.15, 0.2) is 0 Å². The number of fused-ring (bicyclic) bond motifs is 1. The van der Waals surface area contributed by atoms with Crippen molar-refractivity contribution in [2.75, 3.05) is 20.3 Å². The second kappa shape index (κ2) is 6.72. The summed E-state index contributed by atoms with van der Waals surface area (Å²) in [5.74, 6) is 0.256. The van der Waals surface area contributed by atoms with Gasteiger partial charge in [0, 0.05) is 31.6 Å². The van der Waals surface area contributed by atoms with Crippen LogP contribution in [-0.2, 0) is 26.9 Å². The van der Waals surface area contributed by atoms with Crippen LogP contribution in [-0.4, -0.2) is 38.4 Å². The largest absolute Gasteiger partial charge is 0.416 e. The van der Waals surface area contributed by atoms with E-state index < -0.39 is 11.7 Å². The van der Waals surface area contributed by atoms with Crippen LogP contribution in [0.1, 0.15) is 17.5 Å². The predicted molar refractivity (Wildman–Crippen MR) is 80.3 cm³/mol. The number of halogens is 3. The lowest BCUT2D eigenvalue weighted by Crippen LogP contribution is -2.62. The zero-order valence-electron chi connectivity index (χ0n) is 13.3. The molecule has 1 saturated carbocycles. The molecule has 2 fully saturated rings. The zero-order valence-corrected chi connectivity index (χ0v) is 13.3. The average molecular weight is 343 g/mol. The first-order valence-corrected chi connectivity index (χ1v) is 7.96. The van der Waals surface area contributed by atoms with Crippen molar-refractivity contribution in [3.8, 4) is 0 Å². The van der Waals surface area contributed by atoms with Gasteiger partial charge in [-0.1, -0.05) is 12.1 Å². The summed E-state index contributed by atoms with van der Waals surface area (Å²) >= 11 is 0. The van der Waals surface area contributed by atoms with Gasteiger partial charge >= 0.3 is 6.18 Å². The van der Waals surface area contributed by atoms with Crippen molar-refractivity contribution in [1.29, 1.82) is 0 Å². The number of benzene rings is 1. The van der Waals surface area contributed by atoms with Crippen LogP contribution in [0.5, 0.6) is 0 Å². The molecular weight excluding hydrogens is 323 g/mol. The summed E-state index contributed by atoms with van der Waals surface area (Å²) in [6.07, 6.45) is -3.25. The van der Waals surface area contributed by atoms with Gasteiger partial charge in [0.1, 0.15) is 0 Å². The first-order valence-electron chi connectivity index (χ1n) is 7.96. The summed E-state index contributed by atoms with van der Waals surface area (Å²) in [4.78, 5) is 12.2. The number of hydrogen-bond donors (Lipinski definition) is 1. The van der Waals surface area contributed by atoms with Gasteiger partial charge in [-0.3, -0.25) is 4.79 Å². The van der Waals surface area contributed by atoms with E-state index in [0.717, 1.165) is 18.6 Å². The van der Waals surface area contributed by atoms with Gasteiger partial charge < -0.3 is 14.8 Å². The molecule has 4 nitrogen and oxygen atoms in total. The predicted octanol–water partition coefficient (Wildman–Crippen LogP) is 2.41. The molecule has 1 amide bonds. The van der Waals surface area contributed by atoms with Crippen LogP contribution in [0, 0.1) is 11.8 Å². The van der Waals surface area contributed by atoms with Crippen molar-refractivity contribution in [2.45, 2.75) is 31.2 Å². The number of methoxy groups -OCH3 is 1. The normalized spacial score (nSPS) is 29.0. The minimum atomic E-state index is -4.36. The van der Waals surface area contributed by atoms with Crippen molar-refractivity contribution in [3.05, 3.63) is 35.4 Å². The lowest BCUT2D eigenvalue weighted by Gasteiger charge is -2.47. The third-order valence-corrected chi connectivity index (χ3v) is 4.86. The van der Waals surface area contributed by atoms with Gasteiger partial charge in [-0.2, -0.15) is 13.2 Å². The van der Waals surface area contributed by atoms with E-state index in [4.69, 9.17) is 9.47 Å². The van der Waals surface area contributed by atoms with E-state index in [1.54, 1.807) is 7.11 Å². The van der Waals surface area contributed by atoms with Gasteiger partial charge in [-0.25, -0.2) is 0 Å². The Bertz CT molecular complexity index is 588. The lowest BCUT2D eigenvalue weighted by molar-refractivity contribution is -0.137. The van der Waals surface area contributed by atoms with Crippen LogP contribution in [0.4, 0.5) is 13.2 Å². The van der Waals surface area contributed by atoms with Crippen molar-refractivity contribution in [3.63, 3.8) is 0 Å². The highest BCUT2D eigenvalue weighted by atomic mass is 19.4. The second-order valence-electron chi connectivity index (χ2n) is 6.37. The van der Waals surface area contributed by atoms with Gasteiger partial charge in [-0.05, 0) is 24.1 Å². The first-order chi connectivity index (χ1) is 11.4. The summed E-state index contributed by atoms with van der Waals surface area (Å²) in [7, 11) is 1.61. The molecule has 1 aliphatic heterocycles. The number of hydrogen-bond acceptors (Lipinski definition) is 3. The molecule has 0 unspecified atom stereocenters. The highest BCUT2D eigenvalue weighted by molar-refractivity contribution is 5.79. The molecule has 1 saturated heterocycles. The summed E-state index contributed by atoms with van der Waals surface area (Å²) in [6, 6.07) is 4.70. The maximum atomic E-state index is 12.5. The Balaban J connectivity index is 1.57. The molecule has 1 N–H and O–H groups in total. The fourth-order valence-corrected chi connectivity index (χ4v) is 3.67. The van der Waals surface area contributed by atoms with Crippen molar-refractivity contribution >= 4 is 5.91 Å². The molecule has 0 bridgehead atoms. The smallest absolute Gasteiger partial charge is 0.384 e. The minimum absolute atomic E-state index is 0.0133. The lowest BCUT2D eigenvalue weighted by atomic mass is 9.67. The van der Waals surface area contributed by atoms with E-state index in [-0.39, 0.29) is 30.4 Å². The molecule has 132 valence electrons. The SMILES string of the molecule is COC[C@H]1[C@@H](NC(=O)Cc2ccc(C(F)(F)F)cc2)[C@@H]2CCO[C@@H]21. The first kappa shape index (κ1) is 17.2. The van der Waals surface area contributed by atoms with Gasteiger partial charge in [0.2, 0.25) is 5.91 Å². The van der Waals surface area contributed by atoms with Crippen LogP contribution in [0.3, 0.4) is 0 Å². The van der Waals surface area contributed by atoms with Crippen LogP contribution in [0.25, 0.3) is 0 Å². The number of alkyl halides is 3. The quantitative estimate of drug-likeness (QED) is 0.893. The van der Waals surface area contributed by atoms with Gasteiger partial charge in [0.25, 0.3) is 0 Å². The third kappa shape index (κ3) is 3.42. The van der Waals surface area contributed by atoms with Crippen LogP contribution < -0.4 is 5.32 Å². The number of carbonyl (C=O) groups excluding carboxylic acids is 1. The summed E-state index contributed by atoms with van der Waals surface area (Å²) in [6.45, 7) is 1.22. The van der Waals surface area contributed by atoms with Crippen LogP contribution in [0.2, 0.25) is 0 Å². The Kier molecular flexibility index (Phi) is 4.83. The van der Waals surface area contributed by atoms with E-state index in [0.29, 0.717) is 24.7 Å². The van der Waals surface area contributed by atoms with Crippen molar-refractivity contribution < 1.29 is 27.4 Å². The molecule has 1 aliphatic carbocycles. The van der Waals surface area contributed by atoms with Crippen molar-refractivity contribution in [1.82, 2.24) is 5.32 Å². The third-order valence-electron chi connectivity index (χ3n) is 4.86. The van der Waals surface area contributed by atoms with E-state index >= 15 is 0 Å². The average Bonchev–Trinajstić information content (AvgIpc) is 2.94. The zero-order chi connectivity index (χ0) is 17.3. The van der Waals surface area contributed by atoms with E-state index in [1.807, 2.05) is 0 Å². The Morgan fingerprint density at radius 1 is 1.33 bits per heavy atom. The Labute approximate surface area is 138 Å². The number of rotatable bonds is 5. The highest BCUT2D eigenvalue weighted by Gasteiger charge is 2.54. The summed E-state index contributed by atoms with van der Waals surface area (Å²) in [5.41, 5.74) is -0.154. The maximum absolute atomic E-state index is 12.5. The Hall–Kier alpha value is -1.60. The van der Waals surface area contributed by atoms with Crippen LogP contribution in [0.15, 0.2) is 24.3 Å². The number of nitrogens with one attached hydrogen (secondary N) is 1. The molecule has 3 rings (SSSR count). The number of amides is 1. The molecule has 4 atom stereocenters. The second-order valence-corrected chi connectivity index (χ2v) is 6.37. The molecule has 7 heteroatoms. The molecule has 0 radical (unpaired) electrons. The van der Waals surface area contributed by atoms with E-state index in [1.165, 1.54) is 12.1 Å². The molecule has 24 heavy (non-hydrogen) atoms. The number of ether oxygens (including phenoxy) is 2. The molecule has 1 aromatic carbocycles. The molecule has 1 aromatic rings. The van der Waals surface area contributed by atoms with Crippen LogP contribution >= 0.6 is 0 Å². The maximum Gasteiger partial charge on any atom is 0.416 e. The topological polar surface area (TPSA) is 47.6 Å². The standard InChI is InChI=1S/C17H20F3NO3/c1-23-9-13-15(12-6-7-24-16(12)13)21-14(22)8-10-2-4-11(5-3-10)17(18,19)20/h2-5,12-13,15-16H,6-9H2,1H3,(H,21,22)/t12-,13-,15-,16-/m0/s1. The fourth-order valence-electron chi connectivity index (χ4n) is 3.67. The summed E-state index contributed by atoms with van der Waals surface area (Å²) in [5, 5.41) is 2.99. The van der Waals surface area contributed by atoms with Crippen molar-refractivity contribution in [2.24, 2.45) is 11.8 Å².